The number of para-hydroxylation sites is 1. The van der Waals surface area contributed by atoms with Crippen molar-refractivity contribution >= 4 is 11.6 Å². The molecule has 0 unspecified atom stereocenters. The average molecular weight is 272 g/mol. The Kier molecular flexibility index (Phi) is 4.15. The predicted molar refractivity (Wildman–Crippen MR) is 78.2 cm³/mol. The minimum absolute atomic E-state index is 0.0688. The van der Waals surface area contributed by atoms with Gasteiger partial charge in [-0.1, -0.05) is 29.8 Å². The van der Waals surface area contributed by atoms with E-state index in [2.05, 4.69) is 0 Å². The van der Waals surface area contributed by atoms with E-state index in [-0.39, 0.29) is 11.5 Å². The number of anilines is 1. The number of benzene rings is 2. The van der Waals surface area contributed by atoms with Crippen molar-refractivity contribution in [2.45, 2.75) is 13.5 Å². The largest absolute Gasteiger partial charge is 0.326 e. The van der Waals surface area contributed by atoms with Gasteiger partial charge in [0.1, 0.15) is 5.82 Å². The van der Waals surface area contributed by atoms with Crippen molar-refractivity contribution in [1.29, 1.82) is 0 Å². The fourth-order valence-electron chi connectivity index (χ4n) is 2.10. The third-order valence-electron chi connectivity index (χ3n) is 3.23. The summed E-state index contributed by atoms with van der Waals surface area (Å²) in [6.07, 6.45) is 0. The van der Waals surface area contributed by atoms with Crippen molar-refractivity contribution in [3.05, 3.63) is 65.0 Å². The smallest absolute Gasteiger partial charge is 0.261 e. The molecule has 2 rings (SSSR count). The van der Waals surface area contributed by atoms with Crippen LogP contribution in [-0.2, 0) is 6.54 Å². The number of halogens is 1. The van der Waals surface area contributed by atoms with Crippen LogP contribution in [0, 0.1) is 12.7 Å². The molecule has 2 aromatic carbocycles. The Labute approximate surface area is 117 Å². The number of hydrogen-bond acceptors (Lipinski definition) is 2. The number of nitrogens with two attached hydrogens (primary N) is 1. The molecular weight excluding hydrogens is 255 g/mol. The minimum atomic E-state index is -0.516. The Hall–Kier alpha value is -2.20. The highest BCUT2D eigenvalue weighted by molar-refractivity contribution is 6.06. The Bertz CT molecular complexity index is 640. The van der Waals surface area contributed by atoms with E-state index in [1.165, 1.54) is 11.0 Å². The first-order valence-electron chi connectivity index (χ1n) is 6.36. The summed E-state index contributed by atoms with van der Waals surface area (Å²) >= 11 is 0. The molecular formula is C16H17FN2O. The maximum absolute atomic E-state index is 13.8. The summed E-state index contributed by atoms with van der Waals surface area (Å²) in [5.41, 5.74) is 8.12. The van der Waals surface area contributed by atoms with E-state index in [9.17, 15) is 9.18 Å². The Morgan fingerprint density at radius 1 is 1.25 bits per heavy atom. The second kappa shape index (κ2) is 5.84. The van der Waals surface area contributed by atoms with Crippen molar-refractivity contribution in [1.82, 2.24) is 0 Å². The van der Waals surface area contributed by atoms with E-state index in [4.69, 9.17) is 5.73 Å². The van der Waals surface area contributed by atoms with Crippen LogP contribution in [0.3, 0.4) is 0 Å². The molecule has 0 spiro atoms. The van der Waals surface area contributed by atoms with Crippen molar-refractivity contribution in [3.8, 4) is 0 Å². The molecule has 104 valence electrons. The van der Waals surface area contributed by atoms with Gasteiger partial charge in [0.15, 0.2) is 0 Å². The van der Waals surface area contributed by atoms with Gasteiger partial charge in [-0.25, -0.2) is 4.39 Å². The van der Waals surface area contributed by atoms with Crippen LogP contribution in [0.15, 0.2) is 42.5 Å². The van der Waals surface area contributed by atoms with E-state index in [0.29, 0.717) is 12.2 Å². The molecule has 0 saturated heterocycles. The third kappa shape index (κ3) is 2.70. The molecule has 0 aromatic heterocycles. The summed E-state index contributed by atoms with van der Waals surface area (Å²) in [4.78, 5) is 13.9. The maximum Gasteiger partial charge on any atom is 0.261 e. The fraction of sp³-hybridized carbons (Fsp3) is 0.188. The second-order valence-corrected chi connectivity index (χ2v) is 4.68. The molecule has 0 saturated carbocycles. The number of amides is 1. The van der Waals surface area contributed by atoms with Gasteiger partial charge in [0, 0.05) is 19.3 Å². The molecule has 4 heteroatoms. The van der Waals surface area contributed by atoms with Gasteiger partial charge >= 0.3 is 0 Å². The first-order valence-corrected chi connectivity index (χ1v) is 6.36. The number of hydrogen-bond donors (Lipinski definition) is 1. The third-order valence-corrected chi connectivity index (χ3v) is 3.23. The van der Waals surface area contributed by atoms with Crippen LogP contribution in [-0.4, -0.2) is 13.0 Å². The monoisotopic (exact) mass is 272 g/mol. The molecule has 0 aliphatic rings. The summed E-state index contributed by atoms with van der Waals surface area (Å²) in [7, 11) is 1.62. The summed E-state index contributed by atoms with van der Waals surface area (Å²) < 4.78 is 13.8. The Morgan fingerprint density at radius 2 is 1.95 bits per heavy atom. The van der Waals surface area contributed by atoms with Crippen LogP contribution in [0.4, 0.5) is 10.1 Å². The fourth-order valence-corrected chi connectivity index (χ4v) is 2.10. The summed E-state index contributed by atoms with van der Waals surface area (Å²) in [6.45, 7) is 2.15. The molecule has 0 heterocycles. The van der Waals surface area contributed by atoms with E-state index in [0.717, 1.165) is 11.1 Å². The maximum atomic E-state index is 13.8. The normalized spacial score (nSPS) is 10.4. The molecule has 0 atom stereocenters. The highest BCUT2D eigenvalue weighted by Gasteiger charge is 2.19. The highest BCUT2D eigenvalue weighted by Crippen LogP contribution is 2.22. The first kappa shape index (κ1) is 14.2. The molecule has 20 heavy (non-hydrogen) atoms. The van der Waals surface area contributed by atoms with Gasteiger partial charge < -0.3 is 10.6 Å². The second-order valence-electron chi connectivity index (χ2n) is 4.68. The number of aryl methyl sites for hydroxylation is 1. The predicted octanol–water partition coefficient (Wildman–Crippen LogP) is 2.87. The zero-order valence-electron chi connectivity index (χ0n) is 11.6. The van der Waals surface area contributed by atoms with Gasteiger partial charge in [0.25, 0.3) is 5.91 Å². The van der Waals surface area contributed by atoms with E-state index >= 15 is 0 Å². The number of carbonyl (C=O) groups excluding carboxylic acids is 1. The van der Waals surface area contributed by atoms with Crippen LogP contribution in [0.25, 0.3) is 0 Å². The molecule has 0 fully saturated rings. The zero-order valence-corrected chi connectivity index (χ0v) is 11.6. The van der Waals surface area contributed by atoms with Crippen molar-refractivity contribution < 1.29 is 9.18 Å². The zero-order chi connectivity index (χ0) is 14.7. The Morgan fingerprint density at radius 3 is 2.65 bits per heavy atom. The van der Waals surface area contributed by atoms with Crippen LogP contribution < -0.4 is 10.6 Å². The quantitative estimate of drug-likeness (QED) is 0.934. The van der Waals surface area contributed by atoms with Gasteiger partial charge in [-0.05, 0) is 30.7 Å². The summed E-state index contributed by atoms with van der Waals surface area (Å²) in [5, 5.41) is 0. The molecule has 0 radical (unpaired) electrons. The van der Waals surface area contributed by atoms with Crippen LogP contribution in [0.1, 0.15) is 21.5 Å². The average Bonchev–Trinajstić information content (AvgIpc) is 2.48. The van der Waals surface area contributed by atoms with E-state index in [1.807, 2.05) is 25.1 Å². The SMILES string of the molecule is Cc1ccc(F)c(C(=O)N(C)c2ccccc2CN)c1. The minimum Gasteiger partial charge on any atom is -0.326 e. The molecule has 2 N–H and O–H groups in total. The Balaban J connectivity index is 2.40. The van der Waals surface area contributed by atoms with Crippen LogP contribution in [0.5, 0.6) is 0 Å². The first-order chi connectivity index (χ1) is 9.54. The van der Waals surface area contributed by atoms with Gasteiger partial charge in [-0.3, -0.25) is 4.79 Å². The van der Waals surface area contributed by atoms with Gasteiger partial charge in [-0.15, -0.1) is 0 Å². The molecule has 0 bridgehead atoms. The van der Waals surface area contributed by atoms with Gasteiger partial charge in [0.05, 0.1) is 5.56 Å². The molecule has 1 amide bonds. The van der Waals surface area contributed by atoms with E-state index in [1.54, 1.807) is 25.2 Å². The van der Waals surface area contributed by atoms with E-state index < -0.39 is 5.82 Å². The molecule has 0 aliphatic carbocycles. The van der Waals surface area contributed by atoms with Gasteiger partial charge in [0.2, 0.25) is 0 Å². The number of rotatable bonds is 3. The van der Waals surface area contributed by atoms with Gasteiger partial charge in [-0.2, -0.15) is 0 Å². The number of carbonyl (C=O) groups is 1. The summed E-state index contributed by atoms with van der Waals surface area (Å²) in [6, 6.07) is 11.8. The van der Waals surface area contributed by atoms with Crippen molar-refractivity contribution in [2.24, 2.45) is 5.73 Å². The van der Waals surface area contributed by atoms with Crippen LogP contribution >= 0.6 is 0 Å². The highest BCUT2D eigenvalue weighted by atomic mass is 19.1. The standard InChI is InChI=1S/C16H17FN2O/c1-11-7-8-14(17)13(9-11)16(20)19(2)15-6-4-3-5-12(15)10-18/h3-9H,10,18H2,1-2H3. The van der Waals surface area contributed by atoms with Crippen LogP contribution in [0.2, 0.25) is 0 Å². The summed E-state index contributed by atoms with van der Waals surface area (Å²) in [5.74, 6) is -0.898. The lowest BCUT2D eigenvalue weighted by Gasteiger charge is -2.20. The lowest BCUT2D eigenvalue weighted by Crippen LogP contribution is -2.28. The van der Waals surface area contributed by atoms with Crippen molar-refractivity contribution in [2.75, 3.05) is 11.9 Å². The number of nitrogens with zero attached hydrogens (tertiary/aromatic N) is 1. The molecule has 2 aromatic rings. The molecule has 3 nitrogen and oxygen atoms in total. The topological polar surface area (TPSA) is 46.3 Å². The lowest BCUT2D eigenvalue weighted by molar-refractivity contribution is 0.0989. The lowest BCUT2D eigenvalue weighted by atomic mass is 10.1. The molecule has 0 aliphatic heterocycles. The van der Waals surface area contributed by atoms with Crippen molar-refractivity contribution in [3.63, 3.8) is 0 Å².